The lowest BCUT2D eigenvalue weighted by Crippen LogP contribution is -2.28. The molecule has 0 saturated carbocycles. The predicted molar refractivity (Wildman–Crippen MR) is 171 cm³/mol. The molecule has 0 aromatic carbocycles. The lowest BCUT2D eigenvalue weighted by atomic mass is 10.0. The largest absolute Gasteiger partial charge is 0.481 e. The first-order chi connectivity index (χ1) is 20.5. The van der Waals surface area contributed by atoms with Crippen LogP contribution in [0, 0.1) is 0 Å². The minimum Gasteiger partial charge on any atom is -0.481 e. The van der Waals surface area contributed by atoms with Gasteiger partial charge in [0.2, 0.25) is 11.8 Å². The standard InChI is InChI=1S/C32H60N2O7S/c35-30(15-13-11-9-7-5-3-1-2-4-6-8-10-12-14-16-32(37)38)33-17-19-39-21-23-41-24-22-40-20-18-34-31(36)27-29-28-42(29)25-26-42/h29H,1-28H2,(H,33,35)(H,34,36)(H,37,38). The quantitative estimate of drug-likeness (QED) is 0.0724. The molecule has 2 saturated heterocycles. The van der Waals surface area contributed by atoms with Crippen LogP contribution in [0.25, 0.3) is 0 Å². The van der Waals surface area contributed by atoms with E-state index < -0.39 is 5.97 Å². The zero-order valence-electron chi connectivity index (χ0n) is 26.2. The molecule has 3 N–H and O–H groups in total. The van der Waals surface area contributed by atoms with Crippen molar-refractivity contribution in [3.8, 4) is 0 Å². The van der Waals surface area contributed by atoms with Crippen LogP contribution in [0.15, 0.2) is 0 Å². The normalized spacial score (nSPS) is 17.2. The van der Waals surface area contributed by atoms with Crippen molar-refractivity contribution in [3.05, 3.63) is 0 Å². The van der Waals surface area contributed by atoms with Crippen LogP contribution in [0.1, 0.15) is 109 Å². The molecule has 0 bridgehead atoms. The first-order valence-electron chi connectivity index (χ1n) is 16.8. The molecule has 2 amide bonds. The van der Waals surface area contributed by atoms with Crippen LogP contribution in [0.2, 0.25) is 0 Å². The molecule has 2 aliphatic heterocycles. The summed E-state index contributed by atoms with van der Waals surface area (Å²) in [6.07, 6.45) is 18.2. The number of carboxylic acids is 1. The Morgan fingerprint density at radius 2 is 0.976 bits per heavy atom. The number of rotatable bonds is 31. The highest BCUT2D eigenvalue weighted by Gasteiger charge is 2.57. The van der Waals surface area contributed by atoms with Crippen LogP contribution in [-0.2, 0) is 28.6 Å². The van der Waals surface area contributed by atoms with Gasteiger partial charge in [-0.3, -0.25) is 14.4 Å². The van der Waals surface area contributed by atoms with E-state index in [4.69, 9.17) is 19.3 Å². The van der Waals surface area contributed by atoms with E-state index in [0.717, 1.165) is 37.4 Å². The van der Waals surface area contributed by atoms with Crippen molar-refractivity contribution in [3.63, 3.8) is 0 Å². The van der Waals surface area contributed by atoms with Gasteiger partial charge in [-0.2, -0.15) is 0 Å². The van der Waals surface area contributed by atoms with Gasteiger partial charge in [-0.1, -0.05) is 77.0 Å². The number of amides is 2. The number of carbonyl (C=O) groups excluding carboxylic acids is 2. The predicted octanol–water partition coefficient (Wildman–Crippen LogP) is 5.19. The van der Waals surface area contributed by atoms with Crippen molar-refractivity contribution in [2.75, 3.05) is 70.0 Å². The highest BCUT2D eigenvalue weighted by molar-refractivity contribution is 8.45. The summed E-state index contributed by atoms with van der Waals surface area (Å²) in [6, 6.07) is 0. The van der Waals surface area contributed by atoms with Gasteiger partial charge in [-0.15, -0.1) is 0 Å². The molecule has 1 spiro atoms. The van der Waals surface area contributed by atoms with E-state index in [1.807, 2.05) is 0 Å². The average molecular weight is 617 g/mol. The molecule has 2 aliphatic rings. The summed E-state index contributed by atoms with van der Waals surface area (Å²) in [5.41, 5.74) is 0. The summed E-state index contributed by atoms with van der Waals surface area (Å²) in [7, 11) is -0.220. The van der Waals surface area contributed by atoms with Crippen LogP contribution in [-0.4, -0.2) is 98.1 Å². The summed E-state index contributed by atoms with van der Waals surface area (Å²) in [6.45, 7) is 4.08. The van der Waals surface area contributed by atoms with Crippen molar-refractivity contribution in [1.29, 1.82) is 0 Å². The molecule has 1 atom stereocenters. The van der Waals surface area contributed by atoms with E-state index in [1.54, 1.807) is 0 Å². The van der Waals surface area contributed by atoms with Gasteiger partial charge in [0, 0.05) is 37.6 Å². The topological polar surface area (TPSA) is 123 Å². The second-order valence-electron chi connectivity index (χ2n) is 11.9. The second-order valence-corrected chi connectivity index (χ2v) is 15.9. The maximum atomic E-state index is 12.0. The molecule has 0 radical (unpaired) electrons. The van der Waals surface area contributed by atoms with Gasteiger partial charge >= 0.3 is 5.97 Å². The first-order valence-corrected chi connectivity index (χ1v) is 19.0. The van der Waals surface area contributed by atoms with Crippen LogP contribution >= 0.6 is 10.0 Å². The third kappa shape index (κ3) is 20.5. The Kier molecular flexibility index (Phi) is 21.1. The van der Waals surface area contributed by atoms with Crippen molar-refractivity contribution < 1.29 is 33.7 Å². The van der Waals surface area contributed by atoms with E-state index in [-0.39, 0.29) is 21.8 Å². The molecule has 1 unspecified atom stereocenters. The number of ether oxygens (including phenoxy) is 3. The number of hydrogen-bond acceptors (Lipinski definition) is 6. The van der Waals surface area contributed by atoms with Crippen LogP contribution in [0.3, 0.4) is 0 Å². The third-order valence-corrected chi connectivity index (χ3v) is 12.0. The van der Waals surface area contributed by atoms with Gasteiger partial charge in [-0.05, 0) is 30.1 Å². The SMILES string of the molecule is O=C(O)CCCCCCCCCCCCCCCCC(=O)NCCOCCOCCOCCNC(=O)CC1CS12CC2. The lowest BCUT2D eigenvalue weighted by Gasteiger charge is -2.08. The monoisotopic (exact) mass is 616 g/mol. The fourth-order valence-electron chi connectivity index (χ4n) is 5.29. The molecule has 0 aromatic rings. The minimum absolute atomic E-state index is 0.102. The lowest BCUT2D eigenvalue weighted by molar-refractivity contribution is -0.137. The van der Waals surface area contributed by atoms with Gasteiger partial charge in [0.15, 0.2) is 0 Å². The van der Waals surface area contributed by atoms with Crippen LogP contribution in [0.4, 0.5) is 0 Å². The van der Waals surface area contributed by atoms with Gasteiger partial charge < -0.3 is 30.0 Å². The number of unbranched alkanes of at least 4 members (excludes halogenated alkanes) is 13. The van der Waals surface area contributed by atoms with E-state index >= 15 is 0 Å². The van der Waals surface area contributed by atoms with E-state index in [0.29, 0.717) is 72.0 Å². The Labute approximate surface area is 256 Å². The second kappa shape index (κ2) is 24.0. The van der Waals surface area contributed by atoms with Gasteiger partial charge in [-0.25, -0.2) is 10.0 Å². The molecule has 2 rings (SSSR count). The highest BCUT2D eigenvalue weighted by Crippen LogP contribution is 2.79. The van der Waals surface area contributed by atoms with E-state index in [9.17, 15) is 14.4 Å². The van der Waals surface area contributed by atoms with Crippen LogP contribution in [0.5, 0.6) is 0 Å². The van der Waals surface area contributed by atoms with Crippen molar-refractivity contribution in [1.82, 2.24) is 10.6 Å². The van der Waals surface area contributed by atoms with Gasteiger partial charge in [0.25, 0.3) is 0 Å². The molecular formula is C32H60N2O7S. The summed E-state index contributed by atoms with van der Waals surface area (Å²) in [5, 5.41) is 15.2. The summed E-state index contributed by atoms with van der Waals surface area (Å²) in [5.74, 6) is 3.74. The van der Waals surface area contributed by atoms with E-state index in [2.05, 4.69) is 10.6 Å². The Morgan fingerprint density at radius 3 is 1.40 bits per heavy atom. The molecule has 2 fully saturated rings. The Balaban J connectivity index is 1.17. The molecule has 42 heavy (non-hydrogen) atoms. The number of carbonyl (C=O) groups is 3. The smallest absolute Gasteiger partial charge is 0.303 e. The molecule has 10 heteroatoms. The van der Waals surface area contributed by atoms with Crippen molar-refractivity contribution >= 4 is 27.8 Å². The molecule has 246 valence electrons. The fraction of sp³-hybridized carbons (Fsp3) is 0.906. The Morgan fingerprint density at radius 1 is 0.571 bits per heavy atom. The zero-order valence-corrected chi connectivity index (χ0v) is 27.0. The van der Waals surface area contributed by atoms with E-state index in [1.165, 1.54) is 75.0 Å². The Bertz CT molecular complexity index is 736. The Hall–Kier alpha value is -1.36. The third-order valence-electron chi connectivity index (χ3n) is 8.18. The number of carboxylic acid groups (broad SMARTS) is 1. The van der Waals surface area contributed by atoms with Gasteiger partial charge in [0.05, 0.1) is 39.6 Å². The summed E-state index contributed by atoms with van der Waals surface area (Å²) in [4.78, 5) is 34.3. The zero-order chi connectivity index (χ0) is 30.1. The number of nitrogens with one attached hydrogen (secondary N) is 2. The van der Waals surface area contributed by atoms with Gasteiger partial charge in [0.1, 0.15) is 0 Å². The van der Waals surface area contributed by atoms with Crippen molar-refractivity contribution in [2.45, 2.75) is 114 Å². The maximum absolute atomic E-state index is 12.0. The molecule has 0 aromatic heterocycles. The minimum atomic E-state index is -0.680. The summed E-state index contributed by atoms with van der Waals surface area (Å²) < 4.78 is 16.5. The fourth-order valence-corrected chi connectivity index (χ4v) is 9.01. The molecule has 0 aliphatic carbocycles. The average Bonchev–Trinajstić information content (AvgIpc) is 3.88. The highest BCUT2D eigenvalue weighted by atomic mass is 32.3. The molecular weight excluding hydrogens is 556 g/mol. The molecule has 2 heterocycles. The van der Waals surface area contributed by atoms with Crippen molar-refractivity contribution in [2.24, 2.45) is 0 Å². The summed E-state index contributed by atoms with van der Waals surface area (Å²) >= 11 is 0. The number of aliphatic carboxylic acids is 1. The van der Waals surface area contributed by atoms with Crippen LogP contribution < -0.4 is 10.6 Å². The maximum Gasteiger partial charge on any atom is 0.303 e. The molecule has 9 nitrogen and oxygen atoms in total. The number of hydrogen-bond donors (Lipinski definition) is 3. The first kappa shape index (κ1) is 36.8.